The van der Waals surface area contributed by atoms with Gasteiger partial charge in [-0.15, -0.1) is 0 Å². The van der Waals surface area contributed by atoms with Gasteiger partial charge >= 0.3 is 0 Å². The first-order valence-corrected chi connectivity index (χ1v) is 9.57. The molecule has 0 spiro atoms. The summed E-state index contributed by atoms with van der Waals surface area (Å²) in [4.78, 5) is 10.5. The fourth-order valence-electron chi connectivity index (χ4n) is 3.64. The number of hydrogen-bond donors (Lipinski definition) is 3. The van der Waals surface area contributed by atoms with Crippen molar-refractivity contribution in [2.75, 3.05) is 30.3 Å². The molecule has 0 bridgehead atoms. The quantitative estimate of drug-likeness (QED) is 0.687. The first-order chi connectivity index (χ1) is 13.7. The maximum atomic E-state index is 14.1. The van der Waals surface area contributed by atoms with Crippen LogP contribution < -0.4 is 16.0 Å². The van der Waals surface area contributed by atoms with Crippen LogP contribution in [-0.2, 0) is 0 Å². The zero-order chi connectivity index (χ0) is 21.2. The van der Waals surface area contributed by atoms with Gasteiger partial charge in [0.25, 0.3) is 0 Å². The van der Waals surface area contributed by atoms with E-state index in [4.69, 9.17) is 5.73 Å². The third kappa shape index (κ3) is 5.07. The van der Waals surface area contributed by atoms with Crippen LogP contribution in [0.15, 0.2) is 37.0 Å². The molecule has 6 nitrogen and oxygen atoms in total. The number of pyridine rings is 2. The molecule has 3 heterocycles. The average molecular weight is 403 g/mol. The molecule has 1 aliphatic heterocycles. The number of halogens is 2. The van der Waals surface area contributed by atoms with Crippen LogP contribution in [0.5, 0.6) is 0 Å². The van der Waals surface area contributed by atoms with E-state index >= 15 is 0 Å². The molecule has 0 aromatic carbocycles. The van der Waals surface area contributed by atoms with Crippen LogP contribution in [0.3, 0.4) is 0 Å². The van der Waals surface area contributed by atoms with Gasteiger partial charge < -0.3 is 21.1 Å². The van der Waals surface area contributed by atoms with E-state index in [2.05, 4.69) is 21.9 Å². The lowest BCUT2D eigenvalue weighted by Gasteiger charge is -2.36. The number of nitrogens with two attached hydrogens (primary N) is 1. The molecule has 2 atom stereocenters. The Labute approximate surface area is 169 Å². The van der Waals surface area contributed by atoms with Gasteiger partial charge in [0.05, 0.1) is 5.69 Å². The SMILES string of the molecule is C=C(F)c1ccc(N2CCN[C@@H](CC(C)(C)F)C2)nc1C(O)c1cccnc1N. The molecule has 4 N–H and O–H groups in total. The molecule has 1 fully saturated rings. The normalized spacial score (nSPS) is 18.5. The molecule has 2 aromatic rings. The van der Waals surface area contributed by atoms with Gasteiger partial charge in [0.15, 0.2) is 0 Å². The second-order valence-electron chi connectivity index (χ2n) is 7.91. The standard InChI is InChI=1S/C21H27F2N5O/c1-13(22)15-6-7-17(28-10-9-25-14(12-28)11-21(2,3)23)27-18(15)19(29)16-5-4-8-26-20(16)24/h4-8,14,19,25,29H,1,9-12H2,2-3H3,(H2,24,26)/t14-,19?/m0/s1. The Morgan fingerprint density at radius 2 is 2.21 bits per heavy atom. The summed E-state index contributed by atoms with van der Waals surface area (Å²) in [5.41, 5.74) is 5.16. The lowest BCUT2D eigenvalue weighted by atomic mass is 9.99. The number of hydrogen-bond acceptors (Lipinski definition) is 6. The summed E-state index contributed by atoms with van der Waals surface area (Å²) in [6.45, 7) is 8.35. The van der Waals surface area contributed by atoms with Crippen molar-refractivity contribution in [3.8, 4) is 0 Å². The van der Waals surface area contributed by atoms with Crippen molar-refractivity contribution >= 4 is 17.5 Å². The highest BCUT2D eigenvalue weighted by atomic mass is 19.1. The minimum atomic E-state index is -1.29. The molecule has 1 saturated heterocycles. The van der Waals surface area contributed by atoms with Crippen LogP contribution in [0.4, 0.5) is 20.4 Å². The monoisotopic (exact) mass is 403 g/mol. The molecule has 8 heteroatoms. The van der Waals surface area contributed by atoms with Gasteiger partial charge in [-0.2, -0.15) is 0 Å². The third-order valence-corrected chi connectivity index (χ3v) is 4.94. The van der Waals surface area contributed by atoms with E-state index < -0.39 is 17.6 Å². The van der Waals surface area contributed by atoms with Crippen LogP contribution in [0.2, 0.25) is 0 Å². The van der Waals surface area contributed by atoms with E-state index in [9.17, 15) is 13.9 Å². The van der Waals surface area contributed by atoms with Gasteiger partial charge in [0.2, 0.25) is 0 Å². The Morgan fingerprint density at radius 1 is 1.45 bits per heavy atom. The number of rotatable bonds is 6. The predicted octanol–water partition coefficient (Wildman–Crippen LogP) is 3.00. The predicted molar refractivity (Wildman–Crippen MR) is 111 cm³/mol. The topological polar surface area (TPSA) is 87.3 Å². The number of aliphatic hydroxyl groups excluding tert-OH is 1. The molecule has 2 aromatic heterocycles. The van der Waals surface area contributed by atoms with E-state index in [0.29, 0.717) is 37.4 Å². The molecule has 0 amide bonds. The van der Waals surface area contributed by atoms with Gasteiger partial charge in [-0.05, 0) is 38.5 Å². The molecule has 0 aliphatic carbocycles. The summed E-state index contributed by atoms with van der Waals surface area (Å²) in [5.74, 6) is 0.0302. The van der Waals surface area contributed by atoms with Gasteiger partial charge in [-0.3, -0.25) is 0 Å². The maximum Gasteiger partial charge on any atom is 0.129 e. The van der Waals surface area contributed by atoms with Crippen molar-refractivity contribution in [2.45, 2.75) is 38.1 Å². The summed E-state index contributed by atoms with van der Waals surface area (Å²) in [6, 6.07) is 6.46. The highest BCUT2D eigenvalue weighted by Gasteiger charge is 2.28. The van der Waals surface area contributed by atoms with Gasteiger partial charge in [-0.1, -0.05) is 12.6 Å². The molecule has 1 aliphatic rings. The highest BCUT2D eigenvalue weighted by molar-refractivity contribution is 5.63. The lowest BCUT2D eigenvalue weighted by molar-refractivity contribution is 0.175. The maximum absolute atomic E-state index is 14.1. The summed E-state index contributed by atoms with van der Waals surface area (Å²) in [7, 11) is 0. The number of aromatic nitrogens is 2. The van der Waals surface area contributed by atoms with Gasteiger partial charge in [0, 0.05) is 43.0 Å². The van der Waals surface area contributed by atoms with E-state index in [0.717, 1.165) is 0 Å². The molecule has 0 radical (unpaired) electrons. The smallest absolute Gasteiger partial charge is 0.129 e. The number of anilines is 2. The van der Waals surface area contributed by atoms with Crippen LogP contribution in [-0.4, -0.2) is 46.4 Å². The van der Waals surface area contributed by atoms with Crippen molar-refractivity contribution < 1.29 is 13.9 Å². The Balaban J connectivity index is 1.93. The summed E-state index contributed by atoms with van der Waals surface area (Å²) >= 11 is 0. The molecule has 1 unspecified atom stereocenters. The van der Waals surface area contributed by atoms with Crippen LogP contribution >= 0.6 is 0 Å². The largest absolute Gasteiger partial charge is 0.383 e. The van der Waals surface area contributed by atoms with E-state index in [1.54, 1.807) is 38.1 Å². The number of piperazine rings is 1. The second kappa shape index (κ2) is 8.42. The molecule has 29 heavy (non-hydrogen) atoms. The minimum absolute atomic E-state index is 0.0382. The fraction of sp³-hybridized carbons (Fsp3) is 0.429. The summed E-state index contributed by atoms with van der Waals surface area (Å²) in [6.07, 6.45) is 0.622. The third-order valence-electron chi connectivity index (χ3n) is 4.94. The first-order valence-electron chi connectivity index (χ1n) is 9.57. The molecular weight excluding hydrogens is 376 g/mol. The Hall–Kier alpha value is -2.58. The first kappa shape index (κ1) is 21.1. The Kier molecular flexibility index (Phi) is 6.14. The number of nitrogens with one attached hydrogen (secondary N) is 1. The molecule has 3 rings (SSSR count). The highest BCUT2D eigenvalue weighted by Crippen LogP contribution is 2.32. The van der Waals surface area contributed by atoms with Crippen molar-refractivity contribution in [1.82, 2.24) is 15.3 Å². The van der Waals surface area contributed by atoms with Crippen LogP contribution in [0, 0.1) is 0 Å². The van der Waals surface area contributed by atoms with Gasteiger partial charge in [-0.25, -0.2) is 18.7 Å². The van der Waals surface area contributed by atoms with Crippen LogP contribution in [0.1, 0.15) is 43.2 Å². The van der Waals surface area contributed by atoms with Crippen molar-refractivity contribution in [1.29, 1.82) is 0 Å². The van der Waals surface area contributed by atoms with E-state index in [-0.39, 0.29) is 23.1 Å². The van der Waals surface area contributed by atoms with Crippen molar-refractivity contribution in [3.05, 3.63) is 53.9 Å². The van der Waals surface area contributed by atoms with Crippen molar-refractivity contribution in [3.63, 3.8) is 0 Å². The van der Waals surface area contributed by atoms with E-state index in [1.807, 2.05) is 4.90 Å². The number of aliphatic hydroxyl groups is 1. The minimum Gasteiger partial charge on any atom is -0.383 e. The molecular formula is C21H27F2N5O. The second-order valence-corrected chi connectivity index (χ2v) is 7.91. The van der Waals surface area contributed by atoms with Crippen molar-refractivity contribution in [2.24, 2.45) is 0 Å². The van der Waals surface area contributed by atoms with Crippen LogP contribution in [0.25, 0.3) is 5.83 Å². The summed E-state index contributed by atoms with van der Waals surface area (Å²) < 4.78 is 28.1. The Bertz CT molecular complexity index is 884. The van der Waals surface area contributed by atoms with E-state index in [1.165, 1.54) is 6.20 Å². The molecule has 156 valence electrons. The lowest BCUT2D eigenvalue weighted by Crippen LogP contribution is -2.52. The number of alkyl halides is 1. The van der Waals surface area contributed by atoms with Gasteiger partial charge in [0.1, 0.15) is 29.2 Å². The molecule has 0 saturated carbocycles. The number of nitrogens with zero attached hydrogens (tertiary/aromatic N) is 3. The fourth-order valence-corrected chi connectivity index (χ4v) is 3.64. The zero-order valence-electron chi connectivity index (χ0n) is 16.7. The Morgan fingerprint density at radius 3 is 2.86 bits per heavy atom. The number of nitrogen functional groups attached to an aromatic ring is 1. The average Bonchev–Trinajstić information content (AvgIpc) is 2.66. The summed E-state index contributed by atoms with van der Waals surface area (Å²) in [5, 5.41) is 14.2. The zero-order valence-corrected chi connectivity index (χ0v) is 16.7.